The van der Waals surface area contributed by atoms with Crippen LogP contribution in [0.1, 0.15) is 0 Å². The lowest BCUT2D eigenvalue weighted by Crippen LogP contribution is -2.27. The monoisotopic (exact) mass is 282 g/mol. The van der Waals surface area contributed by atoms with E-state index < -0.39 is 46.2 Å². The van der Waals surface area contributed by atoms with Gasteiger partial charge in [0, 0.05) is 0 Å². The molecule has 0 saturated heterocycles. The van der Waals surface area contributed by atoms with E-state index in [-0.39, 0.29) is 6.47 Å². The Morgan fingerprint density at radius 1 is 1.39 bits per heavy atom. The number of hydrogen-bond donors (Lipinski definition) is 2. The molecule has 0 amide bonds. The molecule has 2 N–H and O–H groups in total. The molecule has 0 rings (SSSR count). The zero-order chi connectivity index (χ0) is 14.0. The van der Waals surface area contributed by atoms with Gasteiger partial charge >= 0.3 is 7.82 Å². The average Bonchev–Trinajstić information content (AvgIpc) is 2.30. The summed E-state index contributed by atoms with van der Waals surface area (Å²) >= 11 is 0. The molecule has 0 aromatic rings. The highest BCUT2D eigenvalue weighted by Crippen LogP contribution is 2.42. The highest BCUT2D eigenvalue weighted by atomic mass is 31.2. The number of ether oxygens (including phenoxy) is 2. The Morgan fingerprint density at radius 2 is 2.06 bits per heavy atom. The van der Waals surface area contributed by atoms with Crippen LogP contribution < -0.4 is 0 Å². The summed E-state index contributed by atoms with van der Waals surface area (Å²) in [4.78, 5) is 29.5. The van der Waals surface area contributed by atoms with Crippen molar-refractivity contribution in [3.63, 3.8) is 0 Å². The fraction of sp³-hybridized carbons (Fsp3) is 0.714. The Morgan fingerprint density at radius 3 is 2.56 bits per heavy atom. The van der Waals surface area contributed by atoms with Gasteiger partial charge in [0.15, 0.2) is 6.10 Å². The number of hydrogen-bond acceptors (Lipinski definition) is 8. The van der Waals surface area contributed by atoms with Crippen molar-refractivity contribution in [1.29, 1.82) is 0 Å². The molecule has 0 bridgehead atoms. The van der Waals surface area contributed by atoms with Crippen molar-refractivity contribution in [1.82, 2.24) is 0 Å². The first-order valence-corrected chi connectivity index (χ1v) is 6.15. The molecule has 0 fully saturated rings. The SMILES string of the molecule is [B]C(=O)OC(COC=O)COP(=O)(O)OCCO. The molecular formula is C7H12BO9P. The second-order valence-corrected chi connectivity index (χ2v) is 4.26. The second-order valence-electron chi connectivity index (χ2n) is 2.81. The van der Waals surface area contributed by atoms with E-state index in [2.05, 4.69) is 18.5 Å². The van der Waals surface area contributed by atoms with Crippen LogP contribution in [0, 0.1) is 0 Å². The topological polar surface area (TPSA) is 129 Å². The Hall–Kier alpha value is -0.925. The molecule has 0 aliphatic carbocycles. The van der Waals surface area contributed by atoms with Crippen LogP contribution in [0.2, 0.25) is 0 Å². The first-order valence-electron chi connectivity index (χ1n) is 4.65. The van der Waals surface area contributed by atoms with E-state index >= 15 is 0 Å². The van der Waals surface area contributed by atoms with Crippen LogP contribution in [-0.4, -0.2) is 62.7 Å². The van der Waals surface area contributed by atoms with Crippen LogP contribution >= 0.6 is 7.82 Å². The van der Waals surface area contributed by atoms with Gasteiger partial charge in [-0.1, -0.05) is 0 Å². The molecule has 2 radical (unpaired) electrons. The number of phosphoric ester groups is 1. The van der Waals surface area contributed by atoms with Gasteiger partial charge < -0.3 is 19.5 Å². The minimum Gasteiger partial charge on any atom is -0.465 e. The molecule has 11 heteroatoms. The van der Waals surface area contributed by atoms with Crippen LogP contribution in [0.5, 0.6) is 0 Å². The Kier molecular flexibility index (Phi) is 8.60. The van der Waals surface area contributed by atoms with E-state index in [9.17, 15) is 14.2 Å². The van der Waals surface area contributed by atoms with Crippen LogP contribution in [0.4, 0.5) is 4.79 Å². The molecule has 2 atom stereocenters. The third-order valence-corrected chi connectivity index (χ3v) is 2.39. The van der Waals surface area contributed by atoms with Gasteiger partial charge in [-0.2, -0.15) is 0 Å². The lowest BCUT2D eigenvalue weighted by atomic mass is 10.2. The quantitative estimate of drug-likeness (QED) is 0.293. The Bertz CT molecular complexity index is 309. The summed E-state index contributed by atoms with van der Waals surface area (Å²) in [6, 6.07) is 0. The molecular weight excluding hydrogens is 270 g/mol. The summed E-state index contributed by atoms with van der Waals surface area (Å²) in [5.41, 5.74) is 0. The summed E-state index contributed by atoms with van der Waals surface area (Å²) in [6.07, 6.45) is -1.15. The molecule has 102 valence electrons. The third-order valence-electron chi connectivity index (χ3n) is 1.40. The number of aliphatic hydroxyl groups excluding tert-OH is 1. The number of rotatable bonds is 10. The van der Waals surface area contributed by atoms with E-state index in [1.165, 1.54) is 0 Å². The maximum atomic E-state index is 11.2. The maximum Gasteiger partial charge on any atom is 0.472 e. The highest BCUT2D eigenvalue weighted by Gasteiger charge is 2.24. The molecule has 18 heavy (non-hydrogen) atoms. The van der Waals surface area contributed by atoms with Gasteiger partial charge in [0.2, 0.25) is 13.7 Å². The molecule has 0 spiro atoms. The minimum atomic E-state index is -4.37. The van der Waals surface area contributed by atoms with Crippen molar-refractivity contribution in [3.05, 3.63) is 0 Å². The normalized spacial score (nSPS) is 15.4. The molecule has 0 aromatic heterocycles. The highest BCUT2D eigenvalue weighted by molar-refractivity contribution is 7.47. The van der Waals surface area contributed by atoms with E-state index in [0.29, 0.717) is 0 Å². The van der Waals surface area contributed by atoms with E-state index in [1.807, 2.05) is 0 Å². The first kappa shape index (κ1) is 17.1. The summed E-state index contributed by atoms with van der Waals surface area (Å²) in [5.74, 6) is -1.16. The molecule has 0 aliphatic heterocycles. The Balaban J connectivity index is 4.18. The van der Waals surface area contributed by atoms with Gasteiger partial charge in [-0.05, 0) is 0 Å². The van der Waals surface area contributed by atoms with Gasteiger partial charge in [-0.15, -0.1) is 0 Å². The number of aliphatic hydroxyl groups is 1. The van der Waals surface area contributed by atoms with E-state index in [1.54, 1.807) is 0 Å². The lowest BCUT2D eigenvalue weighted by Gasteiger charge is -2.18. The number of phosphoric acid groups is 1. The smallest absolute Gasteiger partial charge is 0.465 e. The second kappa shape index (κ2) is 9.06. The van der Waals surface area contributed by atoms with E-state index in [4.69, 9.17) is 17.8 Å². The summed E-state index contributed by atoms with van der Waals surface area (Å²) in [6.45, 7) is -1.75. The number of carbonyl (C=O) groups excluding carboxylic acids is 2. The third kappa shape index (κ3) is 9.14. The summed E-state index contributed by atoms with van der Waals surface area (Å²) in [7, 11) is 0.354. The van der Waals surface area contributed by atoms with Crippen molar-refractivity contribution in [2.24, 2.45) is 0 Å². The van der Waals surface area contributed by atoms with Crippen LogP contribution in [0.25, 0.3) is 0 Å². The Labute approximate surface area is 104 Å². The maximum absolute atomic E-state index is 11.2. The van der Waals surface area contributed by atoms with Gasteiger partial charge in [-0.3, -0.25) is 18.6 Å². The van der Waals surface area contributed by atoms with E-state index in [0.717, 1.165) is 0 Å². The number of carbonyl (C=O) groups is 2. The molecule has 0 aliphatic rings. The fourth-order valence-corrected chi connectivity index (χ4v) is 1.54. The van der Waals surface area contributed by atoms with Crippen molar-refractivity contribution in [3.8, 4) is 0 Å². The van der Waals surface area contributed by atoms with Gasteiger partial charge in [-0.25, -0.2) is 4.57 Å². The largest absolute Gasteiger partial charge is 0.472 e. The molecule has 2 unspecified atom stereocenters. The van der Waals surface area contributed by atoms with Gasteiger partial charge in [0.05, 0.1) is 19.8 Å². The summed E-state index contributed by atoms with van der Waals surface area (Å²) < 4.78 is 28.6. The van der Waals surface area contributed by atoms with Crippen molar-refractivity contribution < 1.29 is 42.7 Å². The molecule has 0 heterocycles. The predicted molar refractivity (Wildman–Crippen MR) is 56.9 cm³/mol. The zero-order valence-corrected chi connectivity index (χ0v) is 10.2. The van der Waals surface area contributed by atoms with Crippen molar-refractivity contribution >= 4 is 28.0 Å². The first-order chi connectivity index (χ1) is 8.41. The van der Waals surface area contributed by atoms with Gasteiger partial charge in [0.1, 0.15) is 6.61 Å². The zero-order valence-electron chi connectivity index (χ0n) is 9.26. The van der Waals surface area contributed by atoms with Crippen LogP contribution in [0.15, 0.2) is 0 Å². The summed E-state index contributed by atoms with van der Waals surface area (Å²) in [5, 5.41) is 8.38. The molecule has 0 aromatic carbocycles. The lowest BCUT2D eigenvalue weighted by molar-refractivity contribution is -0.132. The average molecular weight is 282 g/mol. The van der Waals surface area contributed by atoms with Crippen LogP contribution in [0.3, 0.4) is 0 Å². The molecule has 0 saturated carbocycles. The van der Waals surface area contributed by atoms with Crippen molar-refractivity contribution in [2.75, 3.05) is 26.4 Å². The fourth-order valence-electron chi connectivity index (χ4n) is 0.798. The minimum absolute atomic E-state index is 0.0954. The van der Waals surface area contributed by atoms with Crippen molar-refractivity contribution in [2.45, 2.75) is 6.10 Å². The van der Waals surface area contributed by atoms with Gasteiger partial charge in [0.25, 0.3) is 6.47 Å². The standard InChI is InChI=1S/C7H12BO9P/c8-7(11)17-6(3-14-5-10)4-16-18(12,13)15-2-1-9/h5-6,9H,1-4H2,(H,12,13). The predicted octanol–water partition coefficient (Wildman–Crippen LogP) is -1.04. The van der Waals surface area contributed by atoms with Crippen LogP contribution in [-0.2, 0) is 27.9 Å². The molecule has 9 nitrogen and oxygen atoms in total.